The summed E-state index contributed by atoms with van der Waals surface area (Å²) in [4.78, 5) is 0. The first-order chi connectivity index (χ1) is 9.76. The summed E-state index contributed by atoms with van der Waals surface area (Å²) in [5, 5.41) is 18.7. The molecule has 0 amide bonds. The van der Waals surface area contributed by atoms with Crippen LogP contribution in [0.5, 0.6) is 0 Å². The maximum absolute atomic E-state index is 4.50. The first-order valence-electron chi connectivity index (χ1n) is 6.83. The molecule has 6 nitrogen and oxygen atoms in total. The number of aromatic amines is 1. The lowest BCUT2D eigenvalue weighted by atomic mass is 10.2. The van der Waals surface area contributed by atoms with Crippen molar-refractivity contribution >= 4 is 16.7 Å². The molecule has 0 atom stereocenters. The number of aryl methyl sites for hydroxylation is 2. The molecule has 0 aliphatic heterocycles. The van der Waals surface area contributed by atoms with E-state index in [4.69, 9.17) is 0 Å². The zero-order valence-corrected chi connectivity index (χ0v) is 11.7. The van der Waals surface area contributed by atoms with Gasteiger partial charge in [-0.05, 0) is 31.5 Å². The quantitative estimate of drug-likeness (QED) is 0.747. The van der Waals surface area contributed by atoms with Gasteiger partial charge in [0.15, 0.2) is 0 Å². The molecule has 1 aromatic carbocycles. The third-order valence-electron chi connectivity index (χ3n) is 3.30. The van der Waals surface area contributed by atoms with Gasteiger partial charge in [0, 0.05) is 30.5 Å². The minimum Gasteiger partial charge on any atom is -0.381 e. The number of benzene rings is 1. The summed E-state index contributed by atoms with van der Waals surface area (Å²) >= 11 is 0. The van der Waals surface area contributed by atoms with Crippen LogP contribution in [0.1, 0.15) is 24.6 Å². The SMILES string of the molecule is CCCn1cc(CNc2ccc3n[nH]nc3c2)c(C)n1. The number of anilines is 1. The largest absolute Gasteiger partial charge is 0.381 e. The molecule has 2 aromatic heterocycles. The molecule has 0 unspecified atom stereocenters. The number of hydrogen-bond acceptors (Lipinski definition) is 4. The summed E-state index contributed by atoms with van der Waals surface area (Å²) in [7, 11) is 0. The summed E-state index contributed by atoms with van der Waals surface area (Å²) < 4.78 is 2.01. The third-order valence-corrected chi connectivity index (χ3v) is 3.30. The Kier molecular flexibility index (Phi) is 3.37. The number of hydrogen-bond donors (Lipinski definition) is 2. The van der Waals surface area contributed by atoms with E-state index in [0.29, 0.717) is 0 Å². The molecule has 2 heterocycles. The van der Waals surface area contributed by atoms with Gasteiger partial charge in [-0.3, -0.25) is 4.68 Å². The van der Waals surface area contributed by atoms with Gasteiger partial charge < -0.3 is 5.32 Å². The molecule has 104 valence electrons. The van der Waals surface area contributed by atoms with Gasteiger partial charge in [0.25, 0.3) is 0 Å². The Bertz CT molecular complexity index is 711. The predicted molar refractivity (Wildman–Crippen MR) is 78.5 cm³/mol. The Labute approximate surface area is 117 Å². The van der Waals surface area contributed by atoms with Crippen LogP contribution in [0.2, 0.25) is 0 Å². The second kappa shape index (κ2) is 5.32. The van der Waals surface area contributed by atoms with Gasteiger partial charge in [-0.15, -0.1) is 0 Å². The molecule has 0 bridgehead atoms. The van der Waals surface area contributed by atoms with Crippen molar-refractivity contribution in [1.29, 1.82) is 0 Å². The molecule has 0 saturated heterocycles. The number of rotatable bonds is 5. The predicted octanol–water partition coefficient (Wildman–Crippen LogP) is 2.48. The van der Waals surface area contributed by atoms with E-state index >= 15 is 0 Å². The van der Waals surface area contributed by atoms with Crippen LogP contribution in [-0.2, 0) is 13.1 Å². The second-order valence-electron chi connectivity index (χ2n) is 4.88. The molecule has 3 aromatic rings. The normalized spacial score (nSPS) is 11.1. The second-order valence-corrected chi connectivity index (χ2v) is 4.88. The first kappa shape index (κ1) is 12.7. The minimum absolute atomic E-state index is 0.763. The monoisotopic (exact) mass is 270 g/mol. The maximum Gasteiger partial charge on any atom is 0.115 e. The number of nitrogens with one attached hydrogen (secondary N) is 2. The lowest BCUT2D eigenvalue weighted by molar-refractivity contribution is 0.598. The van der Waals surface area contributed by atoms with Gasteiger partial charge in [-0.1, -0.05) is 6.92 Å². The van der Waals surface area contributed by atoms with Crippen molar-refractivity contribution < 1.29 is 0 Å². The van der Waals surface area contributed by atoms with Crippen LogP contribution in [-0.4, -0.2) is 25.2 Å². The maximum atomic E-state index is 4.50. The van der Waals surface area contributed by atoms with E-state index < -0.39 is 0 Å². The summed E-state index contributed by atoms with van der Waals surface area (Å²) in [6.45, 7) is 5.93. The fraction of sp³-hybridized carbons (Fsp3) is 0.357. The van der Waals surface area contributed by atoms with E-state index in [1.54, 1.807) is 0 Å². The first-order valence-corrected chi connectivity index (χ1v) is 6.83. The molecule has 2 N–H and O–H groups in total. The zero-order chi connectivity index (χ0) is 13.9. The Morgan fingerprint density at radius 3 is 2.95 bits per heavy atom. The Balaban J connectivity index is 1.72. The highest BCUT2D eigenvalue weighted by atomic mass is 15.3. The van der Waals surface area contributed by atoms with E-state index in [-0.39, 0.29) is 0 Å². The minimum atomic E-state index is 0.763. The highest BCUT2D eigenvalue weighted by Crippen LogP contribution is 2.16. The lowest BCUT2D eigenvalue weighted by Gasteiger charge is -2.04. The molecule has 0 spiro atoms. The molecule has 0 fully saturated rings. The van der Waals surface area contributed by atoms with E-state index in [1.165, 1.54) is 5.56 Å². The average molecular weight is 270 g/mol. The van der Waals surface area contributed by atoms with Gasteiger partial charge in [0.1, 0.15) is 11.0 Å². The molecular weight excluding hydrogens is 252 g/mol. The fourth-order valence-corrected chi connectivity index (χ4v) is 2.22. The number of H-pyrrole nitrogens is 1. The van der Waals surface area contributed by atoms with Crippen LogP contribution >= 0.6 is 0 Å². The smallest absolute Gasteiger partial charge is 0.115 e. The summed E-state index contributed by atoms with van der Waals surface area (Å²) in [5.41, 5.74) is 5.08. The number of aromatic nitrogens is 5. The van der Waals surface area contributed by atoms with Gasteiger partial charge in [0.2, 0.25) is 0 Å². The van der Waals surface area contributed by atoms with Crippen molar-refractivity contribution in [2.75, 3.05) is 5.32 Å². The summed E-state index contributed by atoms with van der Waals surface area (Å²) in [6.07, 6.45) is 3.21. The van der Waals surface area contributed by atoms with Crippen LogP contribution in [0.25, 0.3) is 11.0 Å². The van der Waals surface area contributed by atoms with Crippen LogP contribution in [0.3, 0.4) is 0 Å². The van der Waals surface area contributed by atoms with Crippen molar-refractivity contribution in [3.63, 3.8) is 0 Å². The highest BCUT2D eigenvalue weighted by Gasteiger charge is 2.05. The van der Waals surface area contributed by atoms with Crippen LogP contribution in [0, 0.1) is 6.92 Å². The Hall–Kier alpha value is -2.37. The number of fused-ring (bicyclic) bond motifs is 1. The van der Waals surface area contributed by atoms with Crippen molar-refractivity contribution in [2.24, 2.45) is 0 Å². The van der Waals surface area contributed by atoms with Crippen LogP contribution in [0.15, 0.2) is 24.4 Å². The Morgan fingerprint density at radius 1 is 1.25 bits per heavy atom. The van der Waals surface area contributed by atoms with Crippen LogP contribution < -0.4 is 5.32 Å². The lowest BCUT2D eigenvalue weighted by Crippen LogP contribution is -1.99. The van der Waals surface area contributed by atoms with Crippen molar-refractivity contribution in [3.8, 4) is 0 Å². The van der Waals surface area contributed by atoms with E-state index in [1.807, 2.05) is 29.8 Å². The molecule has 6 heteroatoms. The fourth-order valence-electron chi connectivity index (χ4n) is 2.22. The standard InChI is InChI=1S/C14H18N6/c1-3-6-20-9-11(10(2)18-20)8-15-12-4-5-13-14(7-12)17-19-16-13/h4-5,7,9,15H,3,6,8H2,1-2H3,(H,16,17,19). The molecular formula is C14H18N6. The summed E-state index contributed by atoms with van der Waals surface area (Å²) in [5.74, 6) is 0. The van der Waals surface area contributed by atoms with Gasteiger partial charge in [0.05, 0.1) is 5.69 Å². The van der Waals surface area contributed by atoms with E-state index in [9.17, 15) is 0 Å². The van der Waals surface area contributed by atoms with Gasteiger partial charge in [-0.2, -0.15) is 20.5 Å². The van der Waals surface area contributed by atoms with E-state index in [2.05, 4.69) is 38.9 Å². The molecule has 0 aliphatic rings. The zero-order valence-electron chi connectivity index (χ0n) is 11.7. The van der Waals surface area contributed by atoms with Gasteiger partial charge in [-0.25, -0.2) is 0 Å². The summed E-state index contributed by atoms with van der Waals surface area (Å²) in [6, 6.07) is 5.95. The number of nitrogens with zero attached hydrogens (tertiary/aromatic N) is 4. The van der Waals surface area contributed by atoms with Crippen molar-refractivity contribution in [3.05, 3.63) is 35.7 Å². The molecule has 0 saturated carbocycles. The Morgan fingerprint density at radius 2 is 2.10 bits per heavy atom. The van der Waals surface area contributed by atoms with Gasteiger partial charge >= 0.3 is 0 Å². The molecule has 3 rings (SSSR count). The van der Waals surface area contributed by atoms with E-state index in [0.717, 1.165) is 41.9 Å². The highest BCUT2D eigenvalue weighted by molar-refractivity contribution is 5.77. The third kappa shape index (κ3) is 2.49. The van der Waals surface area contributed by atoms with Crippen molar-refractivity contribution in [2.45, 2.75) is 33.4 Å². The molecule has 0 aliphatic carbocycles. The topological polar surface area (TPSA) is 71.4 Å². The molecule has 20 heavy (non-hydrogen) atoms. The molecule has 0 radical (unpaired) electrons. The van der Waals surface area contributed by atoms with Crippen LogP contribution in [0.4, 0.5) is 5.69 Å². The van der Waals surface area contributed by atoms with Crippen molar-refractivity contribution in [1.82, 2.24) is 25.2 Å². The average Bonchev–Trinajstić information content (AvgIpc) is 3.03.